The molecule has 3 rings (SSSR count). The number of hydrogen-bond acceptors (Lipinski definition) is 7. The second-order valence-corrected chi connectivity index (χ2v) is 10.9. The summed E-state index contributed by atoms with van der Waals surface area (Å²) in [6.45, 7) is 0. The maximum Gasteiger partial charge on any atom is 0.490 e. The second-order valence-electron chi connectivity index (χ2n) is 8.02. The van der Waals surface area contributed by atoms with Crippen molar-refractivity contribution in [3.8, 4) is 11.1 Å². The van der Waals surface area contributed by atoms with Crippen molar-refractivity contribution in [2.75, 3.05) is 6.26 Å². The Labute approximate surface area is 244 Å². The molecule has 1 aromatic heterocycles. The van der Waals surface area contributed by atoms with Gasteiger partial charge in [0.05, 0.1) is 26.7 Å². The Morgan fingerprint density at radius 2 is 1.38 bits per heavy atom. The summed E-state index contributed by atoms with van der Waals surface area (Å²) in [5, 5.41) is 25.6. The number of carboxylic acid groups (broad SMARTS) is 2. The summed E-state index contributed by atoms with van der Waals surface area (Å²) in [5.41, 5.74) is 8.61. The molecule has 9 nitrogen and oxygen atoms in total. The lowest BCUT2D eigenvalue weighted by Gasteiger charge is -2.19. The van der Waals surface area contributed by atoms with Gasteiger partial charge in [-0.2, -0.15) is 26.3 Å². The molecule has 0 unspecified atom stereocenters. The lowest BCUT2D eigenvalue weighted by molar-refractivity contribution is -0.193. The van der Waals surface area contributed by atoms with E-state index in [1.807, 2.05) is 0 Å². The van der Waals surface area contributed by atoms with Crippen LogP contribution in [0.4, 0.5) is 26.3 Å². The molecule has 0 saturated heterocycles. The summed E-state index contributed by atoms with van der Waals surface area (Å²) >= 11 is 11.9. The minimum absolute atomic E-state index is 0.232. The van der Waals surface area contributed by atoms with E-state index in [0.717, 1.165) is 11.8 Å². The highest BCUT2D eigenvalue weighted by Crippen LogP contribution is 2.31. The molecule has 0 spiro atoms. The average molecular weight is 665 g/mol. The van der Waals surface area contributed by atoms with Crippen LogP contribution >= 0.6 is 23.2 Å². The number of aliphatic hydroxyl groups is 1. The highest BCUT2D eigenvalue weighted by atomic mass is 35.5. The van der Waals surface area contributed by atoms with Crippen LogP contribution < -0.4 is 5.73 Å². The number of nitrogens with zero attached hydrogens (tertiary/aromatic N) is 1. The summed E-state index contributed by atoms with van der Waals surface area (Å²) in [7, 11) is -3.30. The first-order valence-electron chi connectivity index (χ1n) is 10.8. The molecular formula is C24H20Cl2F6N2O7S. The van der Waals surface area contributed by atoms with Crippen molar-refractivity contribution in [3.63, 3.8) is 0 Å². The number of aliphatic hydroxyl groups excluding tert-OH is 1. The normalized spacial score (nSPS) is 13.0. The highest BCUT2D eigenvalue weighted by molar-refractivity contribution is 7.90. The van der Waals surface area contributed by atoms with Gasteiger partial charge in [-0.3, -0.25) is 4.98 Å². The Kier molecular flexibility index (Phi) is 12.8. The Morgan fingerprint density at radius 1 is 0.857 bits per heavy atom. The first-order chi connectivity index (χ1) is 19.1. The molecule has 0 amide bonds. The SMILES string of the molecule is CS(=O)(=O)c1cccc(-c2ccc([C@H](O)[C@@H](N)c3ccc(Cl)c(Cl)c3)nc2)c1.O=C(O)C(F)(F)F.O=C(O)C(F)(F)F. The van der Waals surface area contributed by atoms with Gasteiger partial charge in [-0.25, -0.2) is 18.0 Å². The largest absolute Gasteiger partial charge is 0.490 e. The fraction of sp³-hybridized carbons (Fsp3) is 0.208. The van der Waals surface area contributed by atoms with Crippen molar-refractivity contribution in [1.29, 1.82) is 0 Å². The Bertz CT molecular complexity index is 1480. The summed E-state index contributed by atoms with van der Waals surface area (Å²) in [4.78, 5) is 22.3. The monoisotopic (exact) mass is 664 g/mol. The van der Waals surface area contributed by atoms with Crippen LogP contribution in [0.2, 0.25) is 10.0 Å². The van der Waals surface area contributed by atoms with Gasteiger partial charge in [0.25, 0.3) is 0 Å². The summed E-state index contributed by atoms with van der Waals surface area (Å²) in [6.07, 6.45) is -8.48. The van der Waals surface area contributed by atoms with Crippen LogP contribution in [-0.2, 0) is 19.4 Å². The third-order valence-corrected chi connectivity index (χ3v) is 6.69. The Balaban J connectivity index is 0.000000522. The third kappa shape index (κ3) is 11.4. The van der Waals surface area contributed by atoms with Gasteiger partial charge in [0.15, 0.2) is 9.84 Å². The van der Waals surface area contributed by atoms with Crippen LogP contribution in [0.5, 0.6) is 0 Å². The van der Waals surface area contributed by atoms with Crippen LogP contribution in [0.15, 0.2) is 65.7 Å². The van der Waals surface area contributed by atoms with E-state index in [4.69, 9.17) is 48.7 Å². The molecule has 0 saturated carbocycles. The molecule has 0 aliphatic carbocycles. The molecule has 230 valence electrons. The molecular weight excluding hydrogens is 645 g/mol. The standard InChI is InChI=1S/C20H18Cl2N2O3S.2C2HF3O2/c1-28(26,27)15-4-2-3-12(9-15)14-6-8-18(24-11-14)20(25)19(23)13-5-7-16(21)17(22)10-13;2*3-2(4,5)1(6)7/h2-11,19-20,25H,23H2,1H3;2*(H,6,7)/t19-,20-;;/m0../s1. The number of benzene rings is 2. The lowest BCUT2D eigenvalue weighted by atomic mass is 9.99. The molecule has 0 radical (unpaired) electrons. The van der Waals surface area contributed by atoms with Crippen molar-refractivity contribution in [2.45, 2.75) is 29.4 Å². The zero-order valence-electron chi connectivity index (χ0n) is 20.9. The van der Waals surface area contributed by atoms with Gasteiger partial charge < -0.3 is 21.1 Å². The van der Waals surface area contributed by atoms with E-state index in [1.165, 1.54) is 0 Å². The molecule has 0 bridgehead atoms. The first kappa shape index (κ1) is 36.6. The summed E-state index contributed by atoms with van der Waals surface area (Å²) in [5.74, 6) is -5.51. The number of alkyl halides is 6. The molecule has 0 fully saturated rings. The van der Waals surface area contributed by atoms with Gasteiger partial charge in [0, 0.05) is 18.0 Å². The third-order valence-electron chi connectivity index (χ3n) is 4.84. The number of sulfone groups is 1. The van der Waals surface area contributed by atoms with Gasteiger partial charge in [-0.05, 0) is 41.5 Å². The van der Waals surface area contributed by atoms with Crippen LogP contribution in [0.3, 0.4) is 0 Å². The number of carbonyl (C=O) groups is 2. The zero-order valence-corrected chi connectivity index (χ0v) is 23.2. The molecule has 1 heterocycles. The van der Waals surface area contributed by atoms with E-state index in [-0.39, 0.29) is 4.90 Å². The van der Waals surface area contributed by atoms with Gasteiger partial charge >= 0.3 is 24.3 Å². The van der Waals surface area contributed by atoms with Gasteiger partial charge in [-0.1, -0.05) is 47.5 Å². The van der Waals surface area contributed by atoms with E-state index in [9.17, 15) is 39.9 Å². The zero-order chi connectivity index (χ0) is 32.6. The van der Waals surface area contributed by atoms with Crippen molar-refractivity contribution < 1.29 is 59.7 Å². The van der Waals surface area contributed by atoms with Crippen LogP contribution in [0, 0.1) is 0 Å². The van der Waals surface area contributed by atoms with E-state index >= 15 is 0 Å². The van der Waals surface area contributed by atoms with Gasteiger partial charge in [0.2, 0.25) is 0 Å². The number of pyridine rings is 1. The number of aromatic nitrogens is 1. The molecule has 0 aliphatic rings. The maximum absolute atomic E-state index is 11.7. The molecule has 42 heavy (non-hydrogen) atoms. The second kappa shape index (κ2) is 14.6. The number of rotatable bonds is 5. The minimum Gasteiger partial charge on any atom is -0.475 e. The fourth-order valence-corrected chi connectivity index (χ4v) is 3.72. The number of aliphatic carboxylic acids is 2. The number of carboxylic acids is 2. The molecule has 18 heteroatoms. The summed E-state index contributed by atoms with van der Waals surface area (Å²) in [6, 6.07) is 14.2. The first-order valence-corrected chi connectivity index (χ1v) is 13.5. The number of hydrogen-bond donors (Lipinski definition) is 4. The van der Waals surface area contributed by atoms with Crippen molar-refractivity contribution in [2.24, 2.45) is 5.73 Å². The topological polar surface area (TPSA) is 168 Å². The maximum atomic E-state index is 11.7. The van der Waals surface area contributed by atoms with E-state index in [0.29, 0.717) is 26.9 Å². The van der Waals surface area contributed by atoms with E-state index in [2.05, 4.69) is 4.98 Å². The number of nitrogens with two attached hydrogens (primary N) is 1. The van der Waals surface area contributed by atoms with E-state index in [1.54, 1.807) is 60.8 Å². The van der Waals surface area contributed by atoms with Crippen LogP contribution in [0.1, 0.15) is 23.4 Å². The minimum atomic E-state index is -5.08. The Hall–Kier alpha value is -3.44. The van der Waals surface area contributed by atoms with Crippen LogP contribution in [-0.4, -0.2) is 59.3 Å². The fourth-order valence-electron chi connectivity index (χ4n) is 2.74. The smallest absolute Gasteiger partial charge is 0.475 e. The van der Waals surface area contributed by atoms with Crippen molar-refractivity contribution >= 4 is 45.0 Å². The molecule has 2 aromatic carbocycles. The predicted octanol–water partition coefficient (Wildman–Crippen LogP) is 5.46. The number of halogens is 8. The van der Waals surface area contributed by atoms with E-state index < -0.39 is 46.3 Å². The molecule has 2 atom stereocenters. The predicted molar refractivity (Wildman–Crippen MR) is 139 cm³/mol. The summed E-state index contributed by atoms with van der Waals surface area (Å²) < 4.78 is 86.9. The average Bonchev–Trinajstić information content (AvgIpc) is 2.88. The lowest BCUT2D eigenvalue weighted by Crippen LogP contribution is -2.21. The van der Waals surface area contributed by atoms with Gasteiger partial charge in [-0.15, -0.1) is 0 Å². The quantitative estimate of drug-likeness (QED) is 0.259. The molecule has 0 aliphatic heterocycles. The van der Waals surface area contributed by atoms with Crippen LogP contribution in [0.25, 0.3) is 11.1 Å². The molecule has 5 N–H and O–H groups in total. The highest BCUT2D eigenvalue weighted by Gasteiger charge is 2.38. The van der Waals surface area contributed by atoms with Crippen molar-refractivity contribution in [1.82, 2.24) is 4.98 Å². The van der Waals surface area contributed by atoms with Gasteiger partial charge in [0.1, 0.15) is 6.10 Å². The Morgan fingerprint density at radius 3 is 1.79 bits per heavy atom. The molecule has 3 aromatic rings. The van der Waals surface area contributed by atoms with Crippen molar-refractivity contribution in [3.05, 3.63) is 82.1 Å².